The SMILES string of the molecule is CN1C(C)(C)CC(Nc2ccc(-c3cc(-n4cc(CO)cn4)ccc3O)nn2)CC1(C)C. The standard InChI is InChI=1S/C24H32N6O2/c1-23(2)11-17(12-24(3,4)29(23)5)26-22-9-7-20(27-28-22)19-10-18(6-8-21(19)32)30-14-16(15-31)13-25-30/h6-10,13-14,17,31-32H,11-12,15H2,1-5H3,(H,26,28). The minimum Gasteiger partial charge on any atom is -0.507 e. The van der Waals surface area contributed by atoms with Gasteiger partial charge in [-0.1, -0.05) is 0 Å². The first kappa shape index (κ1) is 22.2. The van der Waals surface area contributed by atoms with Crippen molar-refractivity contribution in [1.82, 2.24) is 24.9 Å². The van der Waals surface area contributed by atoms with Crippen LogP contribution in [0.15, 0.2) is 42.7 Å². The van der Waals surface area contributed by atoms with E-state index < -0.39 is 0 Å². The fourth-order valence-electron chi connectivity index (χ4n) is 4.69. The summed E-state index contributed by atoms with van der Waals surface area (Å²) in [4.78, 5) is 2.45. The van der Waals surface area contributed by atoms with Gasteiger partial charge in [-0.2, -0.15) is 5.10 Å². The van der Waals surface area contributed by atoms with Crippen molar-refractivity contribution in [3.8, 4) is 22.7 Å². The van der Waals surface area contributed by atoms with Crippen LogP contribution in [0, 0.1) is 0 Å². The predicted molar refractivity (Wildman–Crippen MR) is 125 cm³/mol. The van der Waals surface area contributed by atoms with Gasteiger partial charge in [-0.15, -0.1) is 10.2 Å². The first-order valence-electron chi connectivity index (χ1n) is 10.9. The van der Waals surface area contributed by atoms with Crippen molar-refractivity contribution in [2.24, 2.45) is 0 Å². The summed E-state index contributed by atoms with van der Waals surface area (Å²) in [5.74, 6) is 0.849. The number of benzene rings is 1. The molecule has 1 saturated heterocycles. The Morgan fingerprint density at radius 1 is 1.06 bits per heavy atom. The maximum atomic E-state index is 10.4. The van der Waals surface area contributed by atoms with Crippen LogP contribution in [0.2, 0.25) is 0 Å². The highest BCUT2D eigenvalue weighted by Crippen LogP contribution is 2.38. The number of nitrogens with zero attached hydrogens (tertiary/aromatic N) is 5. The van der Waals surface area contributed by atoms with E-state index in [1.54, 1.807) is 29.2 Å². The molecule has 0 aliphatic carbocycles. The fourth-order valence-corrected chi connectivity index (χ4v) is 4.69. The minimum atomic E-state index is -0.0729. The molecule has 2 aromatic heterocycles. The Morgan fingerprint density at radius 2 is 1.78 bits per heavy atom. The van der Waals surface area contributed by atoms with E-state index in [1.165, 1.54) is 0 Å². The number of hydrogen-bond donors (Lipinski definition) is 3. The quantitative estimate of drug-likeness (QED) is 0.562. The van der Waals surface area contributed by atoms with Gasteiger partial charge >= 0.3 is 0 Å². The highest BCUT2D eigenvalue weighted by molar-refractivity contribution is 5.69. The topological polar surface area (TPSA) is 99.3 Å². The zero-order chi connectivity index (χ0) is 23.1. The first-order valence-corrected chi connectivity index (χ1v) is 10.9. The highest BCUT2D eigenvalue weighted by Gasteiger charge is 2.43. The van der Waals surface area contributed by atoms with E-state index in [9.17, 15) is 10.2 Å². The number of aliphatic hydroxyl groups is 1. The van der Waals surface area contributed by atoms with E-state index in [4.69, 9.17) is 0 Å². The molecule has 32 heavy (non-hydrogen) atoms. The van der Waals surface area contributed by atoms with Crippen LogP contribution in [0.3, 0.4) is 0 Å². The number of hydrogen-bond acceptors (Lipinski definition) is 7. The summed E-state index contributed by atoms with van der Waals surface area (Å²) in [6.07, 6.45) is 5.38. The molecule has 8 heteroatoms. The largest absolute Gasteiger partial charge is 0.507 e. The maximum Gasteiger partial charge on any atom is 0.148 e. The number of piperidine rings is 1. The molecule has 3 aromatic rings. The van der Waals surface area contributed by atoms with Crippen molar-refractivity contribution in [1.29, 1.82) is 0 Å². The molecule has 170 valence electrons. The van der Waals surface area contributed by atoms with Gasteiger partial charge in [0, 0.05) is 34.4 Å². The Kier molecular flexibility index (Phi) is 5.68. The number of nitrogens with one attached hydrogen (secondary N) is 1. The molecule has 0 saturated carbocycles. The number of aliphatic hydroxyl groups excluding tert-OH is 1. The Labute approximate surface area is 188 Å². The molecule has 1 aliphatic heterocycles. The summed E-state index contributed by atoms with van der Waals surface area (Å²) >= 11 is 0. The van der Waals surface area contributed by atoms with E-state index in [0.717, 1.165) is 29.9 Å². The number of likely N-dealkylation sites (tertiary alicyclic amines) is 1. The number of phenolic OH excluding ortho intramolecular Hbond substituents is 1. The number of aromatic hydroxyl groups is 1. The van der Waals surface area contributed by atoms with Gasteiger partial charge in [0.1, 0.15) is 11.6 Å². The lowest BCUT2D eigenvalue weighted by Gasteiger charge is -2.53. The van der Waals surface area contributed by atoms with Crippen LogP contribution >= 0.6 is 0 Å². The third-order valence-corrected chi connectivity index (χ3v) is 6.66. The zero-order valence-corrected chi connectivity index (χ0v) is 19.4. The molecule has 0 unspecified atom stereocenters. The van der Waals surface area contributed by atoms with Gasteiger partial charge in [0.25, 0.3) is 0 Å². The molecule has 0 atom stereocenters. The molecule has 0 radical (unpaired) electrons. The monoisotopic (exact) mass is 436 g/mol. The molecule has 3 heterocycles. The zero-order valence-electron chi connectivity index (χ0n) is 19.4. The molecule has 4 rings (SSSR count). The van der Waals surface area contributed by atoms with Gasteiger partial charge in [-0.25, -0.2) is 4.68 Å². The van der Waals surface area contributed by atoms with Gasteiger partial charge in [-0.05, 0) is 77.9 Å². The molecular weight excluding hydrogens is 404 g/mol. The van der Waals surface area contributed by atoms with Crippen LogP contribution in [0.25, 0.3) is 16.9 Å². The van der Waals surface area contributed by atoms with Gasteiger partial charge < -0.3 is 15.5 Å². The second kappa shape index (κ2) is 8.18. The van der Waals surface area contributed by atoms with Crippen LogP contribution in [0.5, 0.6) is 5.75 Å². The van der Waals surface area contributed by atoms with Gasteiger partial charge in [-0.3, -0.25) is 4.90 Å². The molecule has 0 spiro atoms. The third-order valence-electron chi connectivity index (χ3n) is 6.66. The van der Waals surface area contributed by atoms with E-state index in [2.05, 4.69) is 60.3 Å². The third kappa shape index (κ3) is 4.33. The molecule has 0 amide bonds. The Hall–Kier alpha value is -2.97. The van der Waals surface area contributed by atoms with Crippen molar-refractivity contribution in [3.63, 3.8) is 0 Å². The molecule has 1 aromatic carbocycles. The van der Waals surface area contributed by atoms with Crippen LogP contribution in [0.1, 0.15) is 46.1 Å². The van der Waals surface area contributed by atoms with Crippen LogP contribution in [0.4, 0.5) is 5.82 Å². The van der Waals surface area contributed by atoms with Crippen molar-refractivity contribution in [2.75, 3.05) is 12.4 Å². The summed E-state index contributed by atoms with van der Waals surface area (Å²) in [7, 11) is 2.19. The summed E-state index contributed by atoms with van der Waals surface area (Å²) in [5.41, 5.74) is 2.80. The summed E-state index contributed by atoms with van der Waals surface area (Å²) in [5, 5.41) is 36.2. The van der Waals surface area contributed by atoms with Crippen molar-refractivity contribution in [3.05, 3.63) is 48.3 Å². The number of rotatable bonds is 5. The average Bonchev–Trinajstić information content (AvgIpc) is 3.22. The van der Waals surface area contributed by atoms with Crippen molar-refractivity contribution < 1.29 is 10.2 Å². The Morgan fingerprint density at radius 3 is 2.38 bits per heavy atom. The van der Waals surface area contributed by atoms with Crippen LogP contribution in [-0.4, -0.2) is 59.3 Å². The molecule has 8 nitrogen and oxygen atoms in total. The van der Waals surface area contributed by atoms with E-state index in [1.807, 2.05) is 18.2 Å². The summed E-state index contributed by atoms with van der Waals surface area (Å²) in [6, 6.07) is 9.25. The van der Waals surface area contributed by atoms with E-state index >= 15 is 0 Å². The lowest BCUT2D eigenvalue weighted by atomic mass is 9.77. The normalized spacial score (nSPS) is 18.6. The van der Waals surface area contributed by atoms with E-state index in [0.29, 0.717) is 17.3 Å². The second-order valence-electron chi connectivity index (χ2n) is 9.89. The molecule has 1 fully saturated rings. The van der Waals surface area contributed by atoms with Crippen molar-refractivity contribution in [2.45, 2.75) is 64.3 Å². The fraction of sp³-hybridized carbons (Fsp3) is 0.458. The van der Waals surface area contributed by atoms with Gasteiger partial charge in [0.2, 0.25) is 0 Å². The summed E-state index contributed by atoms with van der Waals surface area (Å²) < 4.78 is 1.65. The van der Waals surface area contributed by atoms with E-state index in [-0.39, 0.29) is 23.4 Å². The number of phenols is 1. The average molecular weight is 437 g/mol. The lowest BCUT2D eigenvalue weighted by Crippen LogP contribution is -2.61. The molecule has 0 bridgehead atoms. The first-order chi connectivity index (χ1) is 15.1. The second-order valence-corrected chi connectivity index (χ2v) is 9.89. The highest BCUT2D eigenvalue weighted by atomic mass is 16.3. The smallest absolute Gasteiger partial charge is 0.148 e. The molecule has 1 aliphatic rings. The molecular formula is C24H32N6O2. The summed E-state index contributed by atoms with van der Waals surface area (Å²) in [6.45, 7) is 9.02. The molecule has 3 N–H and O–H groups in total. The lowest BCUT2D eigenvalue weighted by molar-refractivity contribution is -0.00773. The maximum absolute atomic E-state index is 10.4. The van der Waals surface area contributed by atoms with Crippen molar-refractivity contribution >= 4 is 5.82 Å². The van der Waals surface area contributed by atoms with Crippen LogP contribution < -0.4 is 5.32 Å². The van der Waals surface area contributed by atoms with Gasteiger partial charge in [0.05, 0.1) is 24.2 Å². The van der Waals surface area contributed by atoms with Gasteiger partial charge in [0.15, 0.2) is 0 Å². The predicted octanol–water partition coefficient (Wildman–Crippen LogP) is 3.59. The Balaban J connectivity index is 1.53. The number of aromatic nitrogens is 4. The Bertz CT molecular complexity index is 1070. The minimum absolute atomic E-state index is 0.0729. The van der Waals surface area contributed by atoms with Crippen LogP contribution in [-0.2, 0) is 6.61 Å². The number of anilines is 1.